The third kappa shape index (κ3) is 2.08. The van der Waals surface area contributed by atoms with Crippen LogP contribution in [0, 0.1) is 0 Å². The van der Waals surface area contributed by atoms with E-state index in [0.29, 0.717) is 18.4 Å². The largest absolute Gasteiger partial charge is 0.475 e. The molecule has 0 bridgehead atoms. The molecule has 0 amide bonds. The lowest BCUT2D eigenvalue weighted by Crippen LogP contribution is -2.22. The molecule has 1 saturated heterocycles. The zero-order valence-corrected chi connectivity index (χ0v) is 9.24. The Hall–Kier alpha value is -1.37. The lowest BCUT2D eigenvalue weighted by molar-refractivity contribution is 0.0649. The van der Waals surface area contributed by atoms with Gasteiger partial charge in [0.25, 0.3) is 0 Å². The third-order valence-corrected chi connectivity index (χ3v) is 4.50. The lowest BCUT2D eigenvalue weighted by Gasteiger charge is -2.20. The monoisotopic (exact) mass is 245 g/mol. The molecule has 0 spiro atoms. The van der Waals surface area contributed by atoms with Crippen LogP contribution < -0.4 is 0 Å². The van der Waals surface area contributed by atoms with E-state index in [-0.39, 0.29) is 23.2 Å². The molecule has 0 unspecified atom stereocenters. The van der Waals surface area contributed by atoms with Gasteiger partial charge in [0.2, 0.25) is 5.76 Å². The molecular formula is C9H11NO5S. The lowest BCUT2D eigenvalue weighted by atomic mass is 9.94. The normalized spacial score (nSPS) is 20.8. The molecule has 2 heterocycles. The maximum atomic E-state index is 11.2. The Kier molecular flexibility index (Phi) is 2.71. The maximum Gasteiger partial charge on any atom is 0.375 e. The average Bonchev–Trinajstić information content (AvgIpc) is 2.66. The first-order valence-electron chi connectivity index (χ1n) is 4.88. The summed E-state index contributed by atoms with van der Waals surface area (Å²) in [4.78, 5) is 10.8. The summed E-state index contributed by atoms with van der Waals surface area (Å²) in [6.45, 7) is 0. The number of rotatable bonds is 2. The molecule has 7 heteroatoms. The van der Waals surface area contributed by atoms with Gasteiger partial charge in [0.05, 0.1) is 17.7 Å². The number of carboxylic acids is 1. The van der Waals surface area contributed by atoms with E-state index in [2.05, 4.69) is 9.68 Å². The number of nitrogens with zero attached hydrogens (tertiary/aromatic N) is 1. The summed E-state index contributed by atoms with van der Waals surface area (Å²) >= 11 is 0. The van der Waals surface area contributed by atoms with Gasteiger partial charge < -0.3 is 9.63 Å². The van der Waals surface area contributed by atoms with Gasteiger partial charge in [0, 0.05) is 5.56 Å². The Morgan fingerprint density at radius 2 is 2.06 bits per heavy atom. The smallest absolute Gasteiger partial charge is 0.375 e. The van der Waals surface area contributed by atoms with E-state index >= 15 is 0 Å². The Morgan fingerprint density at radius 1 is 1.44 bits per heavy atom. The van der Waals surface area contributed by atoms with Gasteiger partial charge in [-0.05, 0) is 18.8 Å². The van der Waals surface area contributed by atoms with Crippen molar-refractivity contribution < 1.29 is 22.8 Å². The van der Waals surface area contributed by atoms with Gasteiger partial charge >= 0.3 is 5.97 Å². The van der Waals surface area contributed by atoms with Gasteiger partial charge in [0.15, 0.2) is 0 Å². The highest BCUT2D eigenvalue weighted by atomic mass is 32.2. The number of aromatic nitrogens is 1. The summed E-state index contributed by atoms with van der Waals surface area (Å²) in [5, 5.41) is 12.3. The van der Waals surface area contributed by atoms with Crippen molar-refractivity contribution in [2.24, 2.45) is 0 Å². The molecule has 1 aliphatic rings. The zero-order valence-electron chi connectivity index (χ0n) is 8.42. The highest BCUT2D eigenvalue weighted by Gasteiger charge is 2.29. The quantitative estimate of drug-likeness (QED) is 0.822. The van der Waals surface area contributed by atoms with Crippen molar-refractivity contribution in [3.8, 4) is 0 Å². The number of sulfone groups is 1. The van der Waals surface area contributed by atoms with Crippen molar-refractivity contribution >= 4 is 15.8 Å². The van der Waals surface area contributed by atoms with Crippen LogP contribution in [0.2, 0.25) is 0 Å². The molecule has 1 aliphatic heterocycles. The minimum absolute atomic E-state index is 0.0825. The molecule has 0 saturated carbocycles. The van der Waals surface area contributed by atoms with E-state index in [1.807, 2.05) is 0 Å². The molecule has 6 nitrogen and oxygen atoms in total. The number of carboxylic acid groups (broad SMARTS) is 1. The van der Waals surface area contributed by atoms with Crippen LogP contribution in [0.4, 0.5) is 0 Å². The number of carbonyl (C=O) groups is 1. The molecule has 2 rings (SSSR count). The van der Waals surface area contributed by atoms with Crippen LogP contribution in [0.15, 0.2) is 10.7 Å². The predicted octanol–water partition coefficient (Wildman–Crippen LogP) is 0.665. The fraction of sp³-hybridized carbons (Fsp3) is 0.556. The second-order valence-corrected chi connectivity index (χ2v) is 6.15. The minimum Gasteiger partial charge on any atom is -0.475 e. The SMILES string of the molecule is O=C(O)c1oncc1C1CCS(=O)(=O)CC1. The van der Waals surface area contributed by atoms with Crippen LogP contribution in [0.25, 0.3) is 0 Å². The van der Waals surface area contributed by atoms with E-state index in [9.17, 15) is 13.2 Å². The highest BCUT2D eigenvalue weighted by molar-refractivity contribution is 7.91. The standard InChI is InChI=1S/C9H11NO5S/c11-9(12)8-7(5-10-15-8)6-1-3-16(13,14)4-2-6/h5-6H,1-4H2,(H,11,12). The van der Waals surface area contributed by atoms with Crippen molar-refractivity contribution in [3.63, 3.8) is 0 Å². The highest BCUT2D eigenvalue weighted by Crippen LogP contribution is 2.31. The van der Waals surface area contributed by atoms with E-state index < -0.39 is 15.8 Å². The van der Waals surface area contributed by atoms with Crippen molar-refractivity contribution in [3.05, 3.63) is 17.5 Å². The number of hydrogen-bond acceptors (Lipinski definition) is 5. The van der Waals surface area contributed by atoms with E-state index in [0.717, 1.165) is 0 Å². The first-order valence-corrected chi connectivity index (χ1v) is 6.70. The summed E-state index contributed by atoms with van der Waals surface area (Å²) in [7, 11) is -2.94. The summed E-state index contributed by atoms with van der Waals surface area (Å²) < 4.78 is 27.1. The van der Waals surface area contributed by atoms with Crippen molar-refractivity contribution in [2.75, 3.05) is 11.5 Å². The molecular weight excluding hydrogens is 234 g/mol. The number of hydrogen-bond donors (Lipinski definition) is 1. The first-order chi connectivity index (χ1) is 7.49. The molecule has 0 radical (unpaired) electrons. The third-order valence-electron chi connectivity index (χ3n) is 2.79. The van der Waals surface area contributed by atoms with Gasteiger partial charge in [-0.25, -0.2) is 13.2 Å². The molecule has 0 aromatic carbocycles. The summed E-state index contributed by atoms with van der Waals surface area (Å²) in [6.07, 6.45) is 2.24. The molecule has 0 aliphatic carbocycles. The van der Waals surface area contributed by atoms with Crippen LogP contribution >= 0.6 is 0 Å². The van der Waals surface area contributed by atoms with Crippen molar-refractivity contribution in [2.45, 2.75) is 18.8 Å². The number of aromatic carboxylic acids is 1. The molecule has 1 fully saturated rings. The van der Waals surface area contributed by atoms with Gasteiger partial charge in [-0.3, -0.25) is 0 Å². The van der Waals surface area contributed by atoms with Gasteiger partial charge in [-0.2, -0.15) is 0 Å². The van der Waals surface area contributed by atoms with Crippen molar-refractivity contribution in [1.29, 1.82) is 0 Å². The topological polar surface area (TPSA) is 97.5 Å². The Balaban J connectivity index is 2.20. The molecule has 88 valence electrons. The van der Waals surface area contributed by atoms with Crippen molar-refractivity contribution in [1.82, 2.24) is 5.16 Å². The van der Waals surface area contributed by atoms with Crippen LogP contribution in [0.3, 0.4) is 0 Å². The van der Waals surface area contributed by atoms with Crippen LogP contribution in [-0.4, -0.2) is 36.2 Å². The molecule has 1 N–H and O–H groups in total. The summed E-state index contributed by atoms with van der Waals surface area (Å²) in [5.41, 5.74) is 0.502. The second-order valence-electron chi connectivity index (χ2n) is 3.84. The summed E-state index contributed by atoms with van der Waals surface area (Å²) in [5.74, 6) is -1.23. The summed E-state index contributed by atoms with van der Waals surface area (Å²) in [6, 6.07) is 0. The average molecular weight is 245 g/mol. The second kappa shape index (κ2) is 3.89. The first kappa shape index (κ1) is 11.1. The fourth-order valence-corrected chi connectivity index (χ4v) is 3.39. The zero-order chi connectivity index (χ0) is 11.8. The Bertz CT molecular complexity index is 490. The van der Waals surface area contributed by atoms with Crippen LogP contribution in [0.5, 0.6) is 0 Å². The van der Waals surface area contributed by atoms with Gasteiger partial charge in [-0.15, -0.1) is 0 Å². The van der Waals surface area contributed by atoms with E-state index in [4.69, 9.17) is 5.11 Å². The van der Waals surface area contributed by atoms with E-state index in [1.54, 1.807) is 0 Å². The molecule has 1 aromatic rings. The van der Waals surface area contributed by atoms with Crippen LogP contribution in [0.1, 0.15) is 34.9 Å². The van der Waals surface area contributed by atoms with Gasteiger partial charge in [0.1, 0.15) is 9.84 Å². The Labute approximate surface area is 92.2 Å². The maximum absolute atomic E-state index is 11.2. The molecule has 16 heavy (non-hydrogen) atoms. The van der Waals surface area contributed by atoms with E-state index in [1.165, 1.54) is 6.20 Å². The molecule has 0 atom stereocenters. The van der Waals surface area contributed by atoms with Gasteiger partial charge in [-0.1, -0.05) is 5.16 Å². The fourth-order valence-electron chi connectivity index (χ4n) is 1.90. The van der Waals surface area contributed by atoms with Crippen LogP contribution in [-0.2, 0) is 9.84 Å². The predicted molar refractivity (Wildman–Crippen MR) is 54.1 cm³/mol. The Morgan fingerprint density at radius 3 is 2.62 bits per heavy atom. The minimum atomic E-state index is -2.94. The molecule has 1 aromatic heterocycles.